The molecule has 0 atom stereocenters. The third kappa shape index (κ3) is 12.7. The first-order valence-corrected chi connectivity index (χ1v) is 7.18. The molecule has 0 aliphatic heterocycles. The van der Waals surface area contributed by atoms with E-state index in [9.17, 15) is 9.59 Å². The Morgan fingerprint density at radius 2 is 1.71 bits per heavy atom. The lowest BCUT2D eigenvalue weighted by molar-refractivity contribution is -0.136. The van der Waals surface area contributed by atoms with Crippen molar-refractivity contribution in [1.82, 2.24) is 5.32 Å². The van der Waals surface area contributed by atoms with E-state index in [1.807, 2.05) is 39.0 Å². The second-order valence-electron chi connectivity index (χ2n) is 3.96. The highest BCUT2D eigenvalue weighted by Gasteiger charge is 2.04. The van der Waals surface area contributed by atoms with Gasteiger partial charge in [0.05, 0.1) is 6.42 Å². The van der Waals surface area contributed by atoms with Crippen molar-refractivity contribution in [3.05, 3.63) is 48.0 Å². The molecule has 0 fully saturated rings. The van der Waals surface area contributed by atoms with Crippen LogP contribution in [0.2, 0.25) is 0 Å². The first-order valence-electron chi connectivity index (χ1n) is 7.18. The summed E-state index contributed by atoms with van der Waals surface area (Å²) >= 11 is 0. The fraction of sp³-hybridized carbons (Fsp3) is 0.412. The molecule has 0 aromatic heterocycles. The van der Waals surface area contributed by atoms with Gasteiger partial charge in [-0.15, -0.1) is 6.58 Å². The van der Waals surface area contributed by atoms with Crippen LogP contribution >= 0.6 is 0 Å². The Labute approximate surface area is 127 Å². The van der Waals surface area contributed by atoms with Gasteiger partial charge in [-0.1, -0.05) is 44.5 Å². The summed E-state index contributed by atoms with van der Waals surface area (Å²) in [4.78, 5) is 21.6. The Bertz CT molecular complexity index is 411. The molecule has 2 N–H and O–H groups in total. The van der Waals surface area contributed by atoms with Crippen LogP contribution in [-0.4, -0.2) is 23.5 Å². The van der Waals surface area contributed by atoms with Crippen molar-refractivity contribution < 1.29 is 14.7 Å². The molecule has 118 valence electrons. The summed E-state index contributed by atoms with van der Waals surface area (Å²) < 4.78 is 0. The number of hydrogen-bond donors (Lipinski definition) is 2. The van der Waals surface area contributed by atoms with E-state index in [2.05, 4.69) is 18.8 Å². The lowest BCUT2D eigenvalue weighted by Gasteiger charge is -2.03. The number of nitrogens with one attached hydrogen (secondary N) is 1. The lowest BCUT2D eigenvalue weighted by Crippen LogP contribution is -2.25. The highest BCUT2D eigenvalue weighted by Crippen LogP contribution is 2.02. The van der Waals surface area contributed by atoms with E-state index >= 15 is 0 Å². The monoisotopic (exact) mass is 293 g/mol. The number of benzene rings is 1. The van der Waals surface area contributed by atoms with Gasteiger partial charge in [0.25, 0.3) is 5.91 Å². The number of aliphatic carboxylic acids is 1. The molecule has 0 unspecified atom stereocenters. The van der Waals surface area contributed by atoms with E-state index in [4.69, 9.17) is 5.11 Å². The van der Waals surface area contributed by atoms with Crippen molar-refractivity contribution >= 4 is 11.9 Å². The fourth-order valence-electron chi connectivity index (χ4n) is 1.09. The van der Waals surface area contributed by atoms with E-state index in [0.717, 1.165) is 12.0 Å². The molecular formula is C17H27NO3. The van der Waals surface area contributed by atoms with Crippen molar-refractivity contribution in [2.45, 2.75) is 40.5 Å². The molecule has 1 rings (SSSR count). The van der Waals surface area contributed by atoms with Crippen LogP contribution in [0.1, 0.15) is 49.5 Å². The highest BCUT2D eigenvalue weighted by molar-refractivity contribution is 5.94. The zero-order valence-corrected chi connectivity index (χ0v) is 13.5. The standard InChI is InChI=1S/C11H13NO3.C4H8.C2H6/c1-8-2-4-9(5-3-8)11(15)12-7-6-10(13)14;1-3-4-2;1-2/h2-5H,6-7H2,1H3,(H,12,15)(H,13,14);3H,1,4H2,2H3;1-2H3. The van der Waals surface area contributed by atoms with Gasteiger partial charge in [0.15, 0.2) is 0 Å². The van der Waals surface area contributed by atoms with Gasteiger partial charge in [0, 0.05) is 12.1 Å². The Hall–Kier alpha value is -2.10. The zero-order valence-electron chi connectivity index (χ0n) is 13.5. The number of carbonyl (C=O) groups excluding carboxylic acids is 1. The third-order valence-electron chi connectivity index (χ3n) is 2.23. The van der Waals surface area contributed by atoms with Crippen LogP contribution in [0.25, 0.3) is 0 Å². The number of hydrogen-bond acceptors (Lipinski definition) is 2. The molecule has 1 aromatic rings. The maximum Gasteiger partial charge on any atom is 0.305 e. The third-order valence-corrected chi connectivity index (χ3v) is 2.23. The summed E-state index contributed by atoms with van der Waals surface area (Å²) in [7, 11) is 0. The van der Waals surface area contributed by atoms with Gasteiger partial charge in [0.1, 0.15) is 0 Å². The van der Waals surface area contributed by atoms with Crippen molar-refractivity contribution in [2.75, 3.05) is 6.54 Å². The lowest BCUT2D eigenvalue weighted by atomic mass is 10.1. The first kappa shape index (κ1) is 21.2. The van der Waals surface area contributed by atoms with Crippen molar-refractivity contribution in [2.24, 2.45) is 0 Å². The minimum Gasteiger partial charge on any atom is -0.481 e. The second kappa shape index (κ2) is 14.3. The summed E-state index contributed by atoms with van der Waals surface area (Å²) in [5, 5.41) is 10.9. The van der Waals surface area contributed by atoms with Crippen LogP contribution in [0.5, 0.6) is 0 Å². The van der Waals surface area contributed by atoms with Crippen LogP contribution in [0.4, 0.5) is 0 Å². The molecule has 0 aliphatic carbocycles. The molecule has 1 aromatic carbocycles. The molecule has 4 nitrogen and oxygen atoms in total. The average Bonchev–Trinajstić information content (AvgIpc) is 2.49. The summed E-state index contributed by atoms with van der Waals surface area (Å²) in [6, 6.07) is 7.11. The van der Waals surface area contributed by atoms with Crippen molar-refractivity contribution in [1.29, 1.82) is 0 Å². The second-order valence-corrected chi connectivity index (χ2v) is 3.96. The number of amides is 1. The van der Waals surface area contributed by atoms with Gasteiger partial charge >= 0.3 is 5.97 Å². The fourth-order valence-corrected chi connectivity index (χ4v) is 1.09. The normalized spacial score (nSPS) is 8.38. The van der Waals surface area contributed by atoms with E-state index in [0.29, 0.717) is 5.56 Å². The number of carbonyl (C=O) groups is 2. The molecular weight excluding hydrogens is 266 g/mol. The highest BCUT2D eigenvalue weighted by atomic mass is 16.4. The quantitative estimate of drug-likeness (QED) is 0.811. The summed E-state index contributed by atoms with van der Waals surface area (Å²) in [6.07, 6.45) is 2.90. The number of carboxylic acids is 1. The number of allylic oxidation sites excluding steroid dienone is 1. The van der Waals surface area contributed by atoms with Crippen LogP contribution < -0.4 is 5.32 Å². The molecule has 0 spiro atoms. The van der Waals surface area contributed by atoms with Gasteiger partial charge in [-0.2, -0.15) is 0 Å². The minimum absolute atomic E-state index is 0.0579. The van der Waals surface area contributed by atoms with Gasteiger partial charge in [-0.05, 0) is 25.5 Å². The molecule has 0 aliphatic rings. The Balaban J connectivity index is 0. The first-order chi connectivity index (χ1) is 10.0. The van der Waals surface area contributed by atoms with E-state index in [1.165, 1.54) is 0 Å². The largest absolute Gasteiger partial charge is 0.481 e. The van der Waals surface area contributed by atoms with E-state index in [-0.39, 0.29) is 18.9 Å². The molecule has 0 saturated heterocycles. The Morgan fingerprint density at radius 1 is 1.24 bits per heavy atom. The average molecular weight is 293 g/mol. The summed E-state index contributed by atoms with van der Waals surface area (Å²) in [6.45, 7) is 11.6. The molecule has 1 amide bonds. The van der Waals surface area contributed by atoms with Crippen LogP contribution in [0.15, 0.2) is 36.9 Å². The van der Waals surface area contributed by atoms with Crippen molar-refractivity contribution in [3.63, 3.8) is 0 Å². The Kier molecular flexibility index (Phi) is 14.5. The van der Waals surface area contributed by atoms with Crippen LogP contribution in [0, 0.1) is 6.92 Å². The maximum absolute atomic E-state index is 11.4. The molecule has 0 bridgehead atoms. The smallest absolute Gasteiger partial charge is 0.305 e. The van der Waals surface area contributed by atoms with Gasteiger partial charge in [-0.25, -0.2) is 0 Å². The van der Waals surface area contributed by atoms with Crippen LogP contribution in [-0.2, 0) is 4.79 Å². The van der Waals surface area contributed by atoms with Gasteiger partial charge in [-0.3, -0.25) is 9.59 Å². The van der Waals surface area contributed by atoms with Gasteiger partial charge < -0.3 is 10.4 Å². The molecule has 0 heterocycles. The predicted octanol–water partition coefficient (Wildman–Crippen LogP) is 3.81. The molecule has 0 saturated carbocycles. The van der Waals surface area contributed by atoms with Gasteiger partial charge in [0.2, 0.25) is 0 Å². The SMILES string of the molecule is C=CCC.CC.Cc1ccc(C(=O)NCCC(=O)O)cc1. The summed E-state index contributed by atoms with van der Waals surface area (Å²) in [5.74, 6) is -1.16. The van der Waals surface area contributed by atoms with E-state index in [1.54, 1.807) is 12.1 Å². The number of aryl methyl sites for hydroxylation is 1. The maximum atomic E-state index is 11.4. The summed E-state index contributed by atoms with van der Waals surface area (Å²) in [5.41, 5.74) is 1.63. The topological polar surface area (TPSA) is 66.4 Å². The number of carboxylic acid groups (broad SMARTS) is 1. The molecule has 4 heteroatoms. The number of rotatable bonds is 5. The van der Waals surface area contributed by atoms with Crippen molar-refractivity contribution in [3.8, 4) is 0 Å². The molecule has 0 radical (unpaired) electrons. The minimum atomic E-state index is -0.917. The van der Waals surface area contributed by atoms with E-state index < -0.39 is 5.97 Å². The predicted molar refractivity (Wildman–Crippen MR) is 87.6 cm³/mol. The zero-order chi connectivity index (χ0) is 16.7. The van der Waals surface area contributed by atoms with Crippen LogP contribution in [0.3, 0.4) is 0 Å². The molecule has 21 heavy (non-hydrogen) atoms. The Morgan fingerprint density at radius 3 is 2.10 bits per heavy atom.